The molecule has 3 heterocycles. The minimum atomic E-state index is -0.624. The summed E-state index contributed by atoms with van der Waals surface area (Å²) in [6.45, 7) is 5.95. The number of pyridine rings is 1. The molecule has 2 aromatic heterocycles. The molecule has 1 saturated heterocycles. The van der Waals surface area contributed by atoms with Crippen LogP contribution < -0.4 is 16.0 Å². The highest BCUT2D eigenvalue weighted by Crippen LogP contribution is 2.24. The van der Waals surface area contributed by atoms with E-state index in [1.807, 2.05) is 13.8 Å². The topological polar surface area (TPSA) is 97.0 Å². The summed E-state index contributed by atoms with van der Waals surface area (Å²) in [6, 6.07) is 3.34. The standard InChI is InChI=1S/C17H21FN6O/c1-10-11(2)22-16(15(19)25)23-17(10)24-6-5-14(9-24)21-8-13-4-3-12(18)7-20-13/h3-4,7,14,21H,5-6,8-9H2,1-2H3,(H2,19,25)/t14-/m1/s1. The van der Waals surface area contributed by atoms with E-state index in [-0.39, 0.29) is 17.7 Å². The molecule has 1 aliphatic heterocycles. The molecule has 0 unspecified atom stereocenters. The first-order valence-corrected chi connectivity index (χ1v) is 8.18. The van der Waals surface area contributed by atoms with Gasteiger partial charge in [0.05, 0.1) is 11.9 Å². The predicted octanol–water partition coefficient (Wildman–Crippen LogP) is 1.09. The minimum absolute atomic E-state index is 0.0463. The molecule has 3 N–H and O–H groups in total. The average molecular weight is 344 g/mol. The highest BCUT2D eigenvalue weighted by atomic mass is 19.1. The number of carbonyl (C=O) groups is 1. The van der Waals surface area contributed by atoms with Gasteiger partial charge in [-0.1, -0.05) is 0 Å². The minimum Gasteiger partial charge on any atom is -0.363 e. The third kappa shape index (κ3) is 3.90. The summed E-state index contributed by atoms with van der Waals surface area (Å²) in [5, 5.41) is 3.43. The Kier molecular flexibility index (Phi) is 4.89. The Morgan fingerprint density at radius 3 is 2.88 bits per heavy atom. The lowest BCUT2D eigenvalue weighted by molar-refractivity contribution is 0.0990. The predicted molar refractivity (Wildman–Crippen MR) is 91.7 cm³/mol. The van der Waals surface area contributed by atoms with Gasteiger partial charge in [0, 0.05) is 36.9 Å². The first-order valence-electron chi connectivity index (χ1n) is 8.18. The van der Waals surface area contributed by atoms with Crippen molar-refractivity contribution >= 4 is 11.7 Å². The third-order valence-electron chi connectivity index (χ3n) is 4.43. The molecule has 0 aromatic carbocycles. The zero-order valence-electron chi connectivity index (χ0n) is 14.3. The highest BCUT2D eigenvalue weighted by Gasteiger charge is 2.26. The van der Waals surface area contributed by atoms with Crippen LogP contribution in [0.1, 0.15) is 34.0 Å². The fourth-order valence-electron chi connectivity index (χ4n) is 2.91. The number of halogens is 1. The number of aryl methyl sites for hydroxylation is 1. The molecule has 7 nitrogen and oxygen atoms in total. The molecule has 25 heavy (non-hydrogen) atoms. The van der Waals surface area contributed by atoms with Gasteiger partial charge in [0.15, 0.2) is 0 Å². The zero-order chi connectivity index (χ0) is 18.0. The van der Waals surface area contributed by atoms with Crippen molar-refractivity contribution in [2.75, 3.05) is 18.0 Å². The summed E-state index contributed by atoms with van der Waals surface area (Å²) in [5.74, 6) is -0.160. The Bertz CT molecular complexity index is 779. The van der Waals surface area contributed by atoms with Gasteiger partial charge in [-0.3, -0.25) is 9.78 Å². The van der Waals surface area contributed by atoms with Gasteiger partial charge >= 0.3 is 0 Å². The Hall–Kier alpha value is -2.61. The number of amides is 1. The molecule has 0 aliphatic carbocycles. The maximum atomic E-state index is 12.9. The summed E-state index contributed by atoms with van der Waals surface area (Å²) in [4.78, 5) is 26.1. The van der Waals surface area contributed by atoms with Crippen LogP contribution >= 0.6 is 0 Å². The Balaban J connectivity index is 1.66. The van der Waals surface area contributed by atoms with Crippen LogP contribution in [0.5, 0.6) is 0 Å². The third-order valence-corrected chi connectivity index (χ3v) is 4.43. The number of primary amides is 1. The van der Waals surface area contributed by atoms with E-state index < -0.39 is 5.91 Å². The molecule has 1 atom stereocenters. The van der Waals surface area contributed by atoms with Gasteiger partial charge in [0.25, 0.3) is 5.91 Å². The molecule has 0 bridgehead atoms. The van der Waals surface area contributed by atoms with Gasteiger partial charge in [0.2, 0.25) is 5.82 Å². The van der Waals surface area contributed by atoms with Crippen LogP contribution in [0.2, 0.25) is 0 Å². The van der Waals surface area contributed by atoms with Crippen molar-refractivity contribution in [2.24, 2.45) is 5.73 Å². The lowest BCUT2D eigenvalue weighted by Gasteiger charge is -2.21. The fraction of sp³-hybridized carbons (Fsp3) is 0.412. The molecular formula is C17H21FN6O. The van der Waals surface area contributed by atoms with Gasteiger partial charge in [-0.05, 0) is 32.4 Å². The molecule has 0 spiro atoms. The summed E-state index contributed by atoms with van der Waals surface area (Å²) in [5.41, 5.74) is 7.82. The van der Waals surface area contributed by atoms with E-state index in [4.69, 9.17) is 5.73 Å². The van der Waals surface area contributed by atoms with Gasteiger partial charge < -0.3 is 16.0 Å². The zero-order valence-corrected chi connectivity index (χ0v) is 14.3. The molecule has 1 amide bonds. The lowest BCUT2D eigenvalue weighted by Crippen LogP contribution is -2.33. The number of carbonyl (C=O) groups excluding carboxylic acids is 1. The summed E-state index contributed by atoms with van der Waals surface area (Å²) >= 11 is 0. The second kappa shape index (κ2) is 7.10. The van der Waals surface area contributed by atoms with Crippen LogP contribution in [-0.4, -0.2) is 40.0 Å². The summed E-state index contributed by atoms with van der Waals surface area (Å²) in [6.07, 6.45) is 2.16. The maximum absolute atomic E-state index is 12.9. The van der Waals surface area contributed by atoms with Crippen LogP contribution in [0, 0.1) is 19.7 Å². The first-order chi connectivity index (χ1) is 11.9. The van der Waals surface area contributed by atoms with Crippen LogP contribution in [0.3, 0.4) is 0 Å². The van der Waals surface area contributed by atoms with Gasteiger partial charge in [-0.2, -0.15) is 0 Å². The first kappa shape index (κ1) is 17.2. The molecule has 1 aliphatic rings. The number of aromatic nitrogens is 3. The van der Waals surface area contributed by atoms with E-state index >= 15 is 0 Å². The Labute approximate surface area is 145 Å². The van der Waals surface area contributed by atoms with Crippen LogP contribution in [-0.2, 0) is 6.54 Å². The average Bonchev–Trinajstić information content (AvgIpc) is 3.05. The van der Waals surface area contributed by atoms with E-state index in [0.29, 0.717) is 6.54 Å². The Morgan fingerprint density at radius 2 is 2.20 bits per heavy atom. The quantitative estimate of drug-likeness (QED) is 0.843. The molecule has 0 saturated carbocycles. The van der Waals surface area contributed by atoms with Crippen LogP contribution in [0.25, 0.3) is 0 Å². The van der Waals surface area contributed by atoms with E-state index in [1.54, 1.807) is 6.07 Å². The van der Waals surface area contributed by atoms with Gasteiger partial charge in [0.1, 0.15) is 11.6 Å². The largest absolute Gasteiger partial charge is 0.363 e. The van der Waals surface area contributed by atoms with Crippen molar-refractivity contribution in [3.05, 3.63) is 46.9 Å². The van der Waals surface area contributed by atoms with E-state index in [2.05, 4.69) is 25.2 Å². The van der Waals surface area contributed by atoms with Crippen molar-refractivity contribution in [2.45, 2.75) is 32.9 Å². The summed E-state index contributed by atoms with van der Waals surface area (Å²) in [7, 11) is 0. The van der Waals surface area contributed by atoms with Crippen molar-refractivity contribution in [1.29, 1.82) is 0 Å². The van der Waals surface area contributed by atoms with Crippen LogP contribution in [0.15, 0.2) is 18.3 Å². The van der Waals surface area contributed by atoms with Gasteiger partial charge in [-0.15, -0.1) is 0 Å². The monoisotopic (exact) mass is 344 g/mol. The number of rotatable bonds is 5. The van der Waals surface area contributed by atoms with Crippen molar-refractivity contribution in [3.8, 4) is 0 Å². The molecule has 0 radical (unpaired) electrons. The second-order valence-corrected chi connectivity index (χ2v) is 6.23. The van der Waals surface area contributed by atoms with E-state index in [0.717, 1.165) is 42.3 Å². The van der Waals surface area contributed by atoms with E-state index in [1.165, 1.54) is 12.3 Å². The summed E-state index contributed by atoms with van der Waals surface area (Å²) < 4.78 is 12.9. The molecule has 1 fully saturated rings. The lowest BCUT2D eigenvalue weighted by atomic mass is 10.2. The molecule has 8 heteroatoms. The highest BCUT2D eigenvalue weighted by molar-refractivity contribution is 5.89. The SMILES string of the molecule is Cc1nc(C(N)=O)nc(N2CC[C@@H](NCc3ccc(F)cn3)C2)c1C. The van der Waals surface area contributed by atoms with Crippen LogP contribution in [0.4, 0.5) is 10.2 Å². The molecule has 2 aromatic rings. The number of nitrogens with one attached hydrogen (secondary N) is 1. The molecular weight excluding hydrogens is 323 g/mol. The van der Waals surface area contributed by atoms with E-state index in [9.17, 15) is 9.18 Å². The maximum Gasteiger partial charge on any atom is 0.286 e. The fourth-order valence-corrected chi connectivity index (χ4v) is 2.91. The van der Waals surface area contributed by atoms with Crippen molar-refractivity contribution in [1.82, 2.24) is 20.3 Å². The van der Waals surface area contributed by atoms with Crippen molar-refractivity contribution in [3.63, 3.8) is 0 Å². The molecule has 132 valence electrons. The number of hydrogen-bond acceptors (Lipinski definition) is 6. The number of nitrogens with zero attached hydrogens (tertiary/aromatic N) is 4. The van der Waals surface area contributed by atoms with Gasteiger partial charge in [-0.25, -0.2) is 14.4 Å². The molecule has 3 rings (SSSR count). The smallest absolute Gasteiger partial charge is 0.286 e. The number of anilines is 1. The number of hydrogen-bond donors (Lipinski definition) is 2. The second-order valence-electron chi connectivity index (χ2n) is 6.23. The Morgan fingerprint density at radius 1 is 1.40 bits per heavy atom. The van der Waals surface area contributed by atoms with Crippen molar-refractivity contribution < 1.29 is 9.18 Å². The number of nitrogens with two attached hydrogens (primary N) is 1. The normalized spacial score (nSPS) is 17.1.